The van der Waals surface area contributed by atoms with Crippen LogP contribution in [0.1, 0.15) is 45.1 Å². The molecule has 2 rings (SSSR count). The molecule has 1 saturated carbocycles. The highest BCUT2D eigenvalue weighted by Crippen LogP contribution is 2.46. The fraction of sp³-hybridized carbons (Fsp3) is 0.571. The van der Waals surface area contributed by atoms with Crippen LogP contribution in [0.4, 0.5) is 0 Å². The maximum Gasteiger partial charge on any atom is -0.00240 e. The van der Waals surface area contributed by atoms with Gasteiger partial charge in [0, 0.05) is 0 Å². The molecule has 1 fully saturated rings. The van der Waals surface area contributed by atoms with E-state index in [1.807, 2.05) is 0 Å². The van der Waals surface area contributed by atoms with Crippen molar-refractivity contribution < 1.29 is 0 Å². The van der Waals surface area contributed by atoms with Crippen molar-refractivity contribution in [2.75, 3.05) is 0 Å². The zero-order valence-electron chi connectivity index (χ0n) is 9.29. The second-order valence-electron chi connectivity index (χ2n) is 4.88. The molecule has 1 aromatic carbocycles. The Kier molecular flexibility index (Phi) is 2.62. The zero-order valence-corrected chi connectivity index (χ0v) is 9.29. The first-order valence-electron chi connectivity index (χ1n) is 5.81. The van der Waals surface area contributed by atoms with Gasteiger partial charge >= 0.3 is 0 Å². The molecule has 0 radical (unpaired) electrons. The molecule has 0 heteroatoms. The summed E-state index contributed by atoms with van der Waals surface area (Å²) in [4.78, 5) is 0. The second kappa shape index (κ2) is 3.76. The van der Waals surface area contributed by atoms with Gasteiger partial charge in [0.15, 0.2) is 0 Å². The van der Waals surface area contributed by atoms with E-state index in [-0.39, 0.29) is 0 Å². The minimum Gasteiger partial charge on any atom is -0.0622 e. The van der Waals surface area contributed by atoms with Crippen molar-refractivity contribution in [1.82, 2.24) is 0 Å². The van der Waals surface area contributed by atoms with Gasteiger partial charge in [-0.3, -0.25) is 0 Å². The van der Waals surface area contributed by atoms with Crippen molar-refractivity contribution in [2.24, 2.45) is 5.92 Å². The van der Waals surface area contributed by atoms with Crippen molar-refractivity contribution in [1.29, 1.82) is 0 Å². The van der Waals surface area contributed by atoms with E-state index in [1.54, 1.807) is 5.56 Å². The lowest BCUT2D eigenvalue weighted by atomic mass is 9.70. The summed E-state index contributed by atoms with van der Waals surface area (Å²) in [5.74, 6) is 0.771. The van der Waals surface area contributed by atoms with Crippen LogP contribution in [-0.4, -0.2) is 0 Å². The summed E-state index contributed by atoms with van der Waals surface area (Å²) in [5.41, 5.74) is 2.05. The zero-order chi connectivity index (χ0) is 10.0. The predicted molar refractivity (Wildman–Crippen MR) is 61.4 cm³/mol. The molecule has 0 nitrogen and oxygen atoms in total. The van der Waals surface area contributed by atoms with Gasteiger partial charge in [0.25, 0.3) is 0 Å². The maximum atomic E-state index is 2.37. The number of hydrogen-bond donors (Lipinski definition) is 0. The summed E-state index contributed by atoms with van der Waals surface area (Å²) in [6, 6.07) is 11.1. The Labute approximate surface area is 87.3 Å². The smallest absolute Gasteiger partial charge is 0.00240 e. The summed E-state index contributed by atoms with van der Waals surface area (Å²) in [5, 5.41) is 0. The fourth-order valence-electron chi connectivity index (χ4n) is 2.98. The average Bonchev–Trinajstić information content (AvgIpc) is 2.69. The van der Waals surface area contributed by atoms with E-state index in [0.717, 1.165) is 5.92 Å². The van der Waals surface area contributed by atoms with Gasteiger partial charge in [0.1, 0.15) is 0 Å². The van der Waals surface area contributed by atoms with Crippen LogP contribution in [0.25, 0.3) is 0 Å². The van der Waals surface area contributed by atoms with Crippen molar-refractivity contribution in [2.45, 2.75) is 44.9 Å². The van der Waals surface area contributed by atoms with Crippen LogP contribution < -0.4 is 0 Å². The number of rotatable bonds is 2. The van der Waals surface area contributed by atoms with Crippen molar-refractivity contribution in [3.05, 3.63) is 35.9 Å². The largest absolute Gasteiger partial charge is 0.0622 e. The average molecular weight is 188 g/mol. The van der Waals surface area contributed by atoms with Crippen LogP contribution >= 0.6 is 0 Å². The van der Waals surface area contributed by atoms with Gasteiger partial charge in [0.05, 0.1) is 0 Å². The molecular weight excluding hydrogens is 168 g/mol. The van der Waals surface area contributed by atoms with E-state index >= 15 is 0 Å². The molecule has 14 heavy (non-hydrogen) atoms. The molecule has 1 aromatic rings. The minimum absolute atomic E-state index is 0.487. The van der Waals surface area contributed by atoms with E-state index in [0.29, 0.717) is 5.41 Å². The maximum absolute atomic E-state index is 2.37. The first-order chi connectivity index (χ1) is 6.76. The predicted octanol–water partition coefficient (Wildman–Crippen LogP) is 4.15. The van der Waals surface area contributed by atoms with Gasteiger partial charge in [-0.15, -0.1) is 0 Å². The van der Waals surface area contributed by atoms with Crippen LogP contribution in [0.3, 0.4) is 0 Å². The number of hydrogen-bond acceptors (Lipinski definition) is 0. The molecule has 76 valence electrons. The topological polar surface area (TPSA) is 0 Å². The normalized spacial score (nSPS) is 20.2. The Bertz CT molecular complexity index is 278. The Morgan fingerprint density at radius 1 is 1.00 bits per heavy atom. The highest BCUT2D eigenvalue weighted by atomic mass is 14.4. The molecule has 1 aliphatic carbocycles. The van der Waals surface area contributed by atoms with Gasteiger partial charge in [-0.05, 0) is 29.7 Å². The molecule has 0 saturated heterocycles. The Balaban J connectivity index is 2.36. The van der Waals surface area contributed by atoms with Gasteiger partial charge < -0.3 is 0 Å². The van der Waals surface area contributed by atoms with Gasteiger partial charge in [-0.25, -0.2) is 0 Å². The molecular formula is C14H20. The Hall–Kier alpha value is -0.780. The summed E-state index contributed by atoms with van der Waals surface area (Å²) < 4.78 is 0. The lowest BCUT2D eigenvalue weighted by Gasteiger charge is -2.34. The van der Waals surface area contributed by atoms with Crippen molar-refractivity contribution in [3.8, 4) is 0 Å². The van der Waals surface area contributed by atoms with Gasteiger partial charge in [0.2, 0.25) is 0 Å². The monoisotopic (exact) mass is 188 g/mol. The molecule has 0 spiro atoms. The molecule has 0 unspecified atom stereocenters. The quantitative estimate of drug-likeness (QED) is 0.654. The molecule has 0 aromatic heterocycles. The van der Waals surface area contributed by atoms with Crippen LogP contribution in [0, 0.1) is 5.92 Å². The minimum atomic E-state index is 0.487. The molecule has 0 aliphatic heterocycles. The summed E-state index contributed by atoms with van der Waals surface area (Å²) in [7, 11) is 0. The standard InChI is InChI=1S/C14H20/c1-12(2)14(10-6-7-11-14)13-8-4-3-5-9-13/h3-5,8-9,12H,6-7,10-11H2,1-2H3. The highest BCUT2D eigenvalue weighted by Gasteiger charge is 2.37. The molecule has 0 atom stereocenters. The van der Waals surface area contributed by atoms with Gasteiger partial charge in [-0.2, -0.15) is 0 Å². The molecule has 0 N–H and O–H groups in total. The van der Waals surface area contributed by atoms with Crippen LogP contribution in [0.15, 0.2) is 30.3 Å². The van der Waals surface area contributed by atoms with Crippen LogP contribution in [-0.2, 0) is 5.41 Å². The molecule has 0 bridgehead atoms. The third-order valence-corrected chi connectivity index (χ3v) is 3.95. The third kappa shape index (κ3) is 1.47. The highest BCUT2D eigenvalue weighted by molar-refractivity contribution is 5.27. The summed E-state index contributed by atoms with van der Waals surface area (Å²) in [6.07, 6.45) is 5.59. The first-order valence-corrected chi connectivity index (χ1v) is 5.81. The van der Waals surface area contributed by atoms with E-state index < -0.39 is 0 Å². The lowest BCUT2D eigenvalue weighted by Crippen LogP contribution is -2.28. The Morgan fingerprint density at radius 2 is 1.57 bits per heavy atom. The first kappa shape index (κ1) is 9.76. The van der Waals surface area contributed by atoms with E-state index in [4.69, 9.17) is 0 Å². The van der Waals surface area contributed by atoms with E-state index in [1.165, 1.54) is 25.7 Å². The van der Waals surface area contributed by atoms with Gasteiger partial charge in [-0.1, -0.05) is 57.0 Å². The fourth-order valence-corrected chi connectivity index (χ4v) is 2.98. The Morgan fingerprint density at radius 3 is 2.07 bits per heavy atom. The van der Waals surface area contributed by atoms with Crippen LogP contribution in [0.5, 0.6) is 0 Å². The van der Waals surface area contributed by atoms with E-state index in [9.17, 15) is 0 Å². The number of benzene rings is 1. The molecule has 1 aliphatic rings. The summed E-state index contributed by atoms with van der Waals surface area (Å²) >= 11 is 0. The molecule has 0 amide bonds. The third-order valence-electron chi connectivity index (χ3n) is 3.95. The SMILES string of the molecule is CC(C)C1(c2ccccc2)CCCC1. The van der Waals surface area contributed by atoms with E-state index in [2.05, 4.69) is 44.2 Å². The second-order valence-corrected chi connectivity index (χ2v) is 4.88. The lowest BCUT2D eigenvalue weighted by molar-refractivity contribution is 0.314. The van der Waals surface area contributed by atoms with Crippen molar-refractivity contribution in [3.63, 3.8) is 0 Å². The molecule has 0 heterocycles. The summed E-state index contributed by atoms with van der Waals surface area (Å²) in [6.45, 7) is 4.75. The van der Waals surface area contributed by atoms with Crippen LogP contribution in [0.2, 0.25) is 0 Å². The van der Waals surface area contributed by atoms with Crippen molar-refractivity contribution >= 4 is 0 Å².